The van der Waals surface area contributed by atoms with Crippen LogP contribution in [0.3, 0.4) is 0 Å². The van der Waals surface area contributed by atoms with E-state index in [1.54, 1.807) is 12.4 Å². The zero-order valence-corrected chi connectivity index (χ0v) is 16.4. The molecule has 1 amide bonds. The molecule has 0 aliphatic rings. The molecule has 4 rings (SSSR count). The number of carbonyl (C=O) groups is 1. The van der Waals surface area contributed by atoms with Crippen LogP contribution in [0.5, 0.6) is 0 Å². The Morgan fingerprint density at radius 1 is 1.04 bits per heavy atom. The Morgan fingerprint density at radius 3 is 2.68 bits per heavy atom. The summed E-state index contributed by atoms with van der Waals surface area (Å²) in [6.07, 6.45) is 3.45. The molecule has 0 saturated heterocycles. The van der Waals surface area contributed by atoms with E-state index >= 15 is 0 Å². The first-order chi connectivity index (χ1) is 13.7. The summed E-state index contributed by atoms with van der Waals surface area (Å²) in [4.78, 5) is 22.6. The van der Waals surface area contributed by atoms with Crippen molar-refractivity contribution in [1.82, 2.24) is 15.3 Å². The van der Waals surface area contributed by atoms with Crippen LogP contribution in [0.2, 0.25) is 5.02 Å². The minimum Gasteiger partial charge on any atom is -0.348 e. The highest BCUT2D eigenvalue weighted by Crippen LogP contribution is 2.34. The van der Waals surface area contributed by atoms with E-state index in [-0.39, 0.29) is 5.91 Å². The smallest absolute Gasteiger partial charge is 0.252 e. The van der Waals surface area contributed by atoms with Crippen LogP contribution in [0, 0.1) is 0 Å². The van der Waals surface area contributed by atoms with Crippen LogP contribution in [0.25, 0.3) is 10.9 Å². The van der Waals surface area contributed by atoms with Gasteiger partial charge in [0.1, 0.15) is 5.03 Å². The maximum Gasteiger partial charge on any atom is 0.252 e. The maximum atomic E-state index is 12.9. The molecule has 0 bridgehead atoms. The molecule has 0 saturated carbocycles. The van der Waals surface area contributed by atoms with Crippen LogP contribution >= 0.6 is 23.4 Å². The van der Waals surface area contributed by atoms with E-state index in [1.165, 1.54) is 11.8 Å². The van der Waals surface area contributed by atoms with Gasteiger partial charge >= 0.3 is 0 Å². The summed E-state index contributed by atoms with van der Waals surface area (Å²) in [7, 11) is 0. The Balaban J connectivity index is 1.66. The van der Waals surface area contributed by atoms with Gasteiger partial charge in [-0.05, 0) is 35.9 Å². The first-order valence-electron chi connectivity index (χ1n) is 8.70. The lowest BCUT2D eigenvalue weighted by atomic mass is 10.1. The second-order valence-electron chi connectivity index (χ2n) is 6.10. The molecular weight excluding hydrogens is 390 g/mol. The number of nitrogens with one attached hydrogen (secondary N) is 1. The van der Waals surface area contributed by atoms with Crippen molar-refractivity contribution in [2.24, 2.45) is 0 Å². The fraction of sp³-hybridized carbons (Fsp3) is 0.0455. The first kappa shape index (κ1) is 18.5. The monoisotopic (exact) mass is 405 g/mol. The van der Waals surface area contributed by atoms with Crippen molar-refractivity contribution in [1.29, 1.82) is 0 Å². The Labute approximate surface area is 172 Å². The largest absolute Gasteiger partial charge is 0.348 e. The molecule has 2 aromatic carbocycles. The molecule has 0 atom stereocenters. The molecule has 0 radical (unpaired) electrons. The van der Waals surface area contributed by atoms with Crippen LogP contribution in [0.15, 0.2) is 89.0 Å². The van der Waals surface area contributed by atoms with Gasteiger partial charge in [0, 0.05) is 29.2 Å². The SMILES string of the molecule is O=C(NCc1cccnc1)c1cc(Sc2ccccc2Cl)nc2ccccc12. The number of aromatic nitrogens is 2. The van der Waals surface area contributed by atoms with Gasteiger partial charge in [0.05, 0.1) is 16.1 Å². The Hall–Kier alpha value is -2.89. The molecule has 2 aromatic heterocycles. The van der Waals surface area contributed by atoms with Gasteiger partial charge < -0.3 is 5.32 Å². The highest BCUT2D eigenvalue weighted by molar-refractivity contribution is 7.99. The lowest BCUT2D eigenvalue weighted by molar-refractivity contribution is 0.0952. The number of nitrogens with zero attached hydrogens (tertiary/aromatic N) is 2. The number of halogens is 1. The molecule has 0 fully saturated rings. The third-order valence-electron chi connectivity index (χ3n) is 4.16. The Bertz CT molecular complexity index is 1130. The third kappa shape index (κ3) is 4.16. The van der Waals surface area contributed by atoms with Crippen LogP contribution in [-0.2, 0) is 6.54 Å². The van der Waals surface area contributed by atoms with Crippen molar-refractivity contribution < 1.29 is 4.79 Å². The zero-order chi connectivity index (χ0) is 19.3. The summed E-state index contributed by atoms with van der Waals surface area (Å²) in [5, 5.41) is 5.16. The van der Waals surface area contributed by atoms with E-state index in [9.17, 15) is 4.79 Å². The van der Waals surface area contributed by atoms with Crippen molar-refractivity contribution in [3.63, 3.8) is 0 Å². The predicted molar refractivity (Wildman–Crippen MR) is 113 cm³/mol. The van der Waals surface area contributed by atoms with Gasteiger partial charge in [-0.25, -0.2) is 4.98 Å². The number of hydrogen-bond donors (Lipinski definition) is 1. The number of pyridine rings is 2. The second-order valence-corrected chi connectivity index (χ2v) is 7.57. The van der Waals surface area contributed by atoms with Gasteiger partial charge in [-0.1, -0.05) is 59.8 Å². The molecule has 4 nitrogen and oxygen atoms in total. The molecule has 0 spiro atoms. The lowest BCUT2D eigenvalue weighted by Crippen LogP contribution is -2.23. The molecule has 2 heterocycles. The summed E-state index contributed by atoms with van der Waals surface area (Å²) >= 11 is 7.72. The van der Waals surface area contributed by atoms with Gasteiger partial charge in [-0.2, -0.15) is 0 Å². The Morgan fingerprint density at radius 2 is 1.86 bits per heavy atom. The van der Waals surface area contributed by atoms with Gasteiger partial charge in [0.2, 0.25) is 0 Å². The normalized spacial score (nSPS) is 10.8. The van der Waals surface area contributed by atoms with Crippen molar-refractivity contribution in [2.45, 2.75) is 16.5 Å². The van der Waals surface area contributed by atoms with E-state index < -0.39 is 0 Å². The zero-order valence-electron chi connectivity index (χ0n) is 14.8. The molecule has 138 valence electrons. The average Bonchev–Trinajstić information content (AvgIpc) is 2.74. The topological polar surface area (TPSA) is 54.9 Å². The molecule has 4 aromatic rings. The van der Waals surface area contributed by atoms with Crippen LogP contribution in [0.1, 0.15) is 15.9 Å². The standard InChI is InChI=1S/C22H16ClN3OS/c23-18-8-2-4-10-20(18)28-21-12-17(16-7-1-3-9-19(16)26-21)22(27)25-14-15-6-5-11-24-13-15/h1-13H,14H2,(H,25,27). The average molecular weight is 406 g/mol. The number of rotatable bonds is 5. The lowest BCUT2D eigenvalue weighted by Gasteiger charge is -2.11. The van der Waals surface area contributed by atoms with Gasteiger partial charge in [-0.3, -0.25) is 9.78 Å². The quantitative estimate of drug-likeness (QED) is 0.485. The van der Waals surface area contributed by atoms with Crippen molar-refractivity contribution in [3.8, 4) is 0 Å². The summed E-state index contributed by atoms with van der Waals surface area (Å²) in [6.45, 7) is 0.413. The summed E-state index contributed by atoms with van der Waals surface area (Å²) in [5.74, 6) is -0.150. The van der Waals surface area contributed by atoms with E-state index in [2.05, 4.69) is 15.3 Å². The van der Waals surface area contributed by atoms with Crippen molar-refractivity contribution in [2.75, 3.05) is 0 Å². The minimum atomic E-state index is -0.150. The fourth-order valence-electron chi connectivity index (χ4n) is 2.81. The number of carbonyl (C=O) groups excluding carboxylic acids is 1. The molecule has 0 aliphatic carbocycles. The van der Waals surface area contributed by atoms with E-state index in [4.69, 9.17) is 11.6 Å². The number of benzene rings is 2. The summed E-state index contributed by atoms with van der Waals surface area (Å²) in [5.41, 5.74) is 2.30. The van der Waals surface area contributed by atoms with E-state index in [0.717, 1.165) is 26.4 Å². The second kappa shape index (κ2) is 8.42. The van der Waals surface area contributed by atoms with E-state index in [1.807, 2.05) is 66.7 Å². The molecule has 0 unspecified atom stereocenters. The van der Waals surface area contributed by atoms with Crippen molar-refractivity contribution in [3.05, 3.63) is 95.3 Å². The highest BCUT2D eigenvalue weighted by Gasteiger charge is 2.14. The Kier molecular flexibility index (Phi) is 5.55. The molecular formula is C22H16ClN3OS. The van der Waals surface area contributed by atoms with Gasteiger partial charge in [0.25, 0.3) is 5.91 Å². The number of para-hydroxylation sites is 1. The summed E-state index contributed by atoms with van der Waals surface area (Å²) < 4.78 is 0. The molecule has 6 heteroatoms. The fourth-order valence-corrected chi connectivity index (χ4v) is 3.92. The third-order valence-corrected chi connectivity index (χ3v) is 5.60. The van der Waals surface area contributed by atoms with Crippen LogP contribution < -0.4 is 5.32 Å². The maximum absolute atomic E-state index is 12.9. The van der Waals surface area contributed by atoms with Crippen LogP contribution in [-0.4, -0.2) is 15.9 Å². The summed E-state index contributed by atoms with van der Waals surface area (Å²) in [6, 6.07) is 20.8. The highest BCUT2D eigenvalue weighted by atomic mass is 35.5. The number of hydrogen-bond acceptors (Lipinski definition) is 4. The van der Waals surface area contributed by atoms with E-state index in [0.29, 0.717) is 17.1 Å². The first-order valence-corrected chi connectivity index (χ1v) is 9.89. The van der Waals surface area contributed by atoms with Crippen molar-refractivity contribution >= 4 is 40.2 Å². The van der Waals surface area contributed by atoms with Crippen LogP contribution in [0.4, 0.5) is 0 Å². The van der Waals surface area contributed by atoms with Gasteiger partial charge in [0.15, 0.2) is 0 Å². The number of fused-ring (bicyclic) bond motifs is 1. The molecule has 1 N–H and O–H groups in total. The number of amides is 1. The predicted octanol–water partition coefficient (Wildman–Crippen LogP) is 5.36. The molecule has 28 heavy (non-hydrogen) atoms. The van der Waals surface area contributed by atoms with Gasteiger partial charge in [-0.15, -0.1) is 0 Å². The molecule has 0 aliphatic heterocycles. The minimum absolute atomic E-state index is 0.150.